The lowest BCUT2D eigenvalue weighted by atomic mass is 10.1. The monoisotopic (exact) mass is 231 g/mol. The molecule has 1 unspecified atom stereocenters. The lowest BCUT2D eigenvalue weighted by molar-refractivity contribution is 0.547. The molecule has 2 heterocycles. The van der Waals surface area contributed by atoms with Gasteiger partial charge < -0.3 is 9.88 Å². The van der Waals surface area contributed by atoms with Gasteiger partial charge in [0, 0.05) is 32.1 Å². The topological polar surface area (TPSA) is 55.6 Å². The van der Waals surface area contributed by atoms with Crippen molar-refractivity contribution in [2.24, 2.45) is 7.05 Å². The van der Waals surface area contributed by atoms with Gasteiger partial charge in [0.25, 0.3) is 0 Å². The van der Waals surface area contributed by atoms with Gasteiger partial charge in [-0.15, -0.1) is 0 Å². The number of aromatic nitrogens is 4. The number of hydrogen-bond donors (Lipinski definition) is 1. The highest BCUT2D eigenvalue weighted by atomic mass is 15.0. The molecular weight excluding hydrogens is 214 g/mol. The molecule has 5 heteroatoms. The molecule has 0 aliphatic carbocycles. The molecule has 17 heavy (non-hydrogen) atoms. The van der Waals surface area contributed by atoms with Crippen LogP contribution in [-0.4, -0.2) is 26.6 Å². The first-order valence-electron chi connectivity index (χ1n) is 5.62. The zero-order valence-electron chi connectivity index (χ0n) is 10.4. The van der Waals surface area contributed by atoms with Gasteiger partial charge in [0.15, 0.2) is 0 Å². The summed E-state index contributed by atoms with van der Waals surface area (Å²) in [7, 11) is 3.92. The minimum Gasteiger partial charge on any atom is -0.338 e. The van der Waals surface area contributed by atoms with E-state index in [1.54, 1.807) is 6.20 Å². The molecule has 90 valence electrons. The Morgan fingerprint density at radius 1 is 1.29 bits per heavy atom. The molecular formula is C12H17N5. The zero-order valence-corrected chi connectivity index (χ0v) is 10.4. The molecule has 0 fully saturated rings. The summed E-state index contributed by atoms with van der Waals surface area (Å²) in [6.07, 6.45) is 8.17. The molecule has 0 aromatic carbocycles. The molecule has 2 aromatic heterocycles. The Morgan fingerprint density at radius 2 is 2.12 bits per heavy atom. The molecule has 0 aliphatic rings. The average Bonchev–Trinajstić information content (AvgIpc) is 2.73. The number of imidazole rings is 1. The van der Waals surface area contributed by atoms with Crippen LogP contribution in [0.1, 0.15) is 23.3 Å². The van der Waals surface area contributed by atoms with Gasteiger partial charge in [-0.25, -0.2) is 4.98 Å². The van der Waals surface area contributed by atoms with Crippen LogP contribution in [-0.2, 0) is 13.5 Å². The summed E-state index contributed by atoms with van der Waals surface area (Å²) in [6.45, 7) is 1.93. The van der Waals surface area contributed by atoms with E-state index in [0.29, 0.717) is 0 Å². The lowest BCUT2D eigenvalue weighted by Gasteiger charge is -2.15. The maximum atomic E-state index is 4.40. The van der Waals surface area contributed by atoms with E-state index in [9.17, 15) is 0 Å². The van der Waals surface area contributed by atoms with Crippen molar-refractivity contribution >= 4 is 0 Å². The Labute approximate surface area is 101 Å². The molecule has 0 spiro atoms. The second kappa shape index (κ2) is 5.05. The summed E-state index contributed by atoms with van der Waals surface area (Å²) in [4.78, 5) is 13.0. The van der Waals surface area contributed by atoms with Crippen LogP contribution in [0.5, 0.6) is 0 Å². The number of aryl methyl sites for hydroxylation is 2. The molecule has 0 aliphatic heterocycles. The van der Waals surface area contributed by atoms with Gasteiger partial charge >= 0.3 is 0 Å². The van der Waals surface area contributed by atoms with E-state index in [2.05, 4.69) is 20.3 Å². The zero-order chi connectivity index (χ0) is 12.3. The molecule has 0 radical (unpaired) electrons. The van der Waals surface area contributed by atoms with Crippen LogP contribution in [0, 0.1) is 6.92 Å². The summed E-state index contributed by atoms with van der Waals surface area (Å²) in [5.41, 5.74) is 1.88. The number of nitrogens with zero attached hydrogens (tertiary/aromatic N) is 4. The van der Waals surface area contributed by atoms with Crippen molar-refractivity contribution < 1.29 is 0 Å². The molecule has 0 saturated carbocycles. The quantitative estimate of drug-likeness (QED) is 0.853. The predicted octanol–water partition coefficient (Wildman–Crippen LogP) is 1.02. The molecule has 5 nitrogen and oxygen atoms in total. The largest absolute Gasteiger partial charge is 0.338 e. The van der Waals surface area contributed by atoms with Gasteiger partial charge in [-0.05, 0) is 14.0 Å². The van der Waals surface area contributed by atoms with Crippen LogP contribution in [0.4, 0.5) is 0 Å². The molecule has 1 N–H and O–H groups in total. The van der Waals surface area contributed by atoms with Crippen LogP contribution in [0.25, 0.3) is 0 Å². The van der Waals surface area contributed by atoms with E-state index in [1.807, 2.05) is 44.2 Å². The van der Waals surface area contributed by atoms with Crippen molar-refractivity contribution in [3.8, 4) is 0 Å². The number of rotatable bonds is 4. The Bertz CT molecular complexity index is 474. The third-order valence-electron chi connectivity index (χ3n) is 2.81. The van der Waals surface area contributed by atoms with Crippen LogP contribution in [0.2, 0.25) is 0 Å². The van der Waals surface area contributed by atoms with Gasteiger partial charge in [0.05, 0.1) is 23.6 Å². The van der Waals surface area contributed by atoms with E-state index < -0.39 is 0 Å². The SMILES string of the molecule is CNC(Cc1nccn1C)c1cnc(C)cn1. The van der Waals surface area contributed by atoms with Gasteiger partial charge in [-0.1, -0.05) is 0 Å². The second-order valence-corrected chi connectivity index (χ2v) is 4.08. The predicted molar refractivity (Wildman–Crippen MR) is 65.5 cm³/mol. The van der Waals surface area contributed by atoms with Crippen molar-refractivity contribution in [1.29, 1.82) is 0 Å². The second-order valence-electron chi connectivity index (χ2n) is 4.08. The Morgan fingerprint density at radius 3 is 2.65 bits per heavy atom. The summed E-state index contributed by atoms with van der Waals surface area (Å²) in [5.74, 6) is 1.03. The Kier molecular flexibility index (Phi) is 3.49. The standard InChI is InChI=1S/C12H17N5/c1-9-7-16-11(8-15-9)10(13-2)6-12-14-4-5-17(12)3/h4-5,7-8,10,13H,6H2,1-3H3. The molecule has 0 saturated heterocycles. The maximum absolute atomic E-state index is 4.40. The number of nitrogens with one attached hydrogen (secondary N) is 1. The lowest BCUT2D eigenvalue weighted by Crippen LogP contribution is -2.21. The third kappa shape index (κ3) is 2.68. The highest BCUT2D eigenvalue weighted by Crippen LogP contribution is 2.14. The minimum atomic E-state index is 0.143. The van der Waals surface area contributed by atoms with Crippen molar-refractivity contribution in [3.63, 3.8) is 0 Å². The first-order valence-corrected chi connectivity index (χ1v) is 5.62. The van der Waals surface area contributed by atoms with Crippen molar-refractivity contribution in [3.05, 3.63) is 42.0 Å². The Balaban J connectivity index is 2.17. The third-order valence-corrected chi connectivity index (χ3v) is 2.81. The van der Waals surface area contributed by atoms with E-state index in [0.717, 1.165) is 23.6 Å². The van der Waals surface area contributed by atoms with Gasteiger partial charge in [-0.2, -0.15) is 0 Å². The van der Waals surface area contributed by atoms with Crippen molar-refractivity contribution in [2.75, 3.05) is 7.05 Å². The normalized spacial score (nSPS) is 12.6. The van der Waals surface area contributed by atoms with Gasteiger partial charge in [0.2, 0.25) is 0 Å². The van der Waals surface area contributed by atoms with Crippen molar-refractivity contribution in [1.82, 2.24) is 24.8 Å². The van der Waals surface area contributed by atoms with Crippen molar-refractivity contribution in [2.45, 2.75) is 19.4 Å². The molecule has 2 rings (SSSR count). The van der Waals surface area contributed by atoms with E-state index in [1.165, 1.54) is 0 Å². The molecule has 2 aromatic rings. The first kappa shape index (κ1) is 11.7. The first-order chi connectivity index (χ1) is 8.20. The van der Waals surface area contributed by atoms with Crippen LogP contribution < -0.4 is 5.32 Å². The van der Waals surface area contributed by atoms with E-state index in [-0.39, 0.29) is 6.04 Å². The average molecular weight is 231 g/mol. The van der Waals surface area contributed by atoms with Gasteiger partial charge in [0.1, 0.15) is 5.82 Å². The molecule has 1 atom stereocenters. The molecule has 0 amide bonds. The summed E-state index contributed by atoms with van der Waals surface area (Å²) < 4.78 is 2.02. The fourth-order valence-corrected chi connectivity index (χ4v) is 1.71. The summed E-state index contributed by atoms with van der Waals surface area (Å²) in [5, 5.41) is 3.25. The van der Waals surface area contributed by atoms with E-state index in [4.69, 9.17) is 0 Å². The van der Waals surface area contributed by atoms with Crippen LogP contribution >= 0.6 is 0 Å². The number of hydrogen-bond acceptors (Lipinski definition) is 4. The Hall–Kier alpha value is -1.75. The van der Waals surface area contributed by atoms with Crippen LogP contribution in [0.15, 0.2) is 24.8 Å². The van der Waals surface area contributed by atoms with Crippen LogP contribution in [0.3, 0.4) is 0 Å². The fraction of sp³-hybridized carbons (Fsp3) is 0.417. The smallest absolute Gasteiger partial charge is 0.110 e. The summed E-state index contributed by atoms with van der Waals surface area (Å²) in [6, 6.07) is 0.143. The summed E-state index contributed by atoms with van der Waals surface area (Å²) >= 11 is 0. The maximum Gasteiger partial charge on any atom is 0.110 e. The van der Waals surface area contributed by atoms with Gasteiger partial charge in [-0.3, -0.25) is 9.97 Å². The fourth-order valence-electron chi connectivity index (χ4n) is 1.71. The highest BCUT2D eigenvalue weighted by Gasteiger charge is 2.14. The van der Waals surface area contributed by atoms with E-state index >= 15 is 0 Å². The highest BCUT2D eigenvalue weighted by molar-refractivity contribution is 5.09. The number of likely N-dealkylation sites (N-methyl/N-ethyl adjacent to an activating group) is 1. The minimum absolute atomic E-state index is 0.143. The molecule has 0 bridgehead atoms.